The lowest BCUT2D eigenvalue weighted by Crippen LogP contribution is -2.26. The van der Waals surface area contributed by atoms with Gasteiger partial charge in [0.15, 0.2) is 34.7 Å². The Kier molecular flexibility index (Phi) is 40.6. The molecule has 0 saturated heterocycles. The summed E-state index contributed by atoms with van der Waals surface area (Å²) in [4.78, 5) is 115. The second-order valence-electron chi connectivity index (χ2n) is 33.3. The van der Waals surface area contributed by atoms with Crippen LogP contribution in [0.2, 0.25) is 0 Å². The minimum Gasteiger partial charge on any atom is -0.458 e. The van der Waals surface area contributed by atoms with Crippen molar-refractivity contribution in [1.29, 1.82) is 0 Å². The van der Waals surface area contributed by atoms with Gasteiger partial charge in [-0.2, -0.15) is 0 Å². The maximum Gasteiger partial charge on any atom is 0.307 e. The Morgan fingerprint density at radius 3 is 0.543 bits per heavy atom. The van der Waals surface area contributed by atoms with Gasteiger partial charge in [-0.15, -0.1) is 0 Å². The highest BCUT2D eigenvalue weighted by Crippen LogP contribution is 2.45. The van der Waals surface area contributed by atoms with Gasteiger partial charge in [-0.25, -0.2) is 0 Å². The first-order valence-corrected chi connectivity index (χ1v) is 45.9. The first-order chi connectivity index (χ1) is 66.9. The Labute approximate surface area is 805 Å². The van der Waals surface area contributed by atoms with E-state index < -0.39 is 24.4 Å². The van der Waals surface area contributed by atoms with Crippen LogP contribution in [0.1, 0.15) is 268 Å². The molecule has 0 aliphatic heterocycles. The van der Waals surface area contributed by atoms with Gasteiger partial charge in [0.2, 0.25) is 0 Å². The average molecular weight is 1860 g/mol. The van der Waals surface area contributed by atoms with Crippen molar-refractivity contribution < 1.29 is 87.3 Å². The number of nitrogens with one attached hydrogen (secondary N) is 6. The second-order valence-corrected chi connectivity index (χ2v) is 33.3. The predicted octanol–water partition coefficient (Wildman–Crippen LogP) is 18.4. The minimum atomic E-state index is -0.435. The minimum absolute atomic E-state index is 0.0169. The molecule has 12 aromatic rings. The van der Waals surface area contributed by atoms with Crippen molar-refractivity contribution in [2.45, 2.75) is 139 Å². The Morgan fingerprint density at radius 1 is 0.232 bits per heavy atom. The monoisotopic (exact) mass is 1860 g/mol. The van der Waals surface area contributed by atoms with Gasteiger partial charge >= 0.3 is 23.9 Å². The molecule has 0 aromatic heterocycles. The number of ketones is 6. The molecule has 4 unspecified atom stereocenters. The molecule has 12 aromatic carbocycles. The fraction of sp³-hybridized carbons (Fsp3) is 0.246. The van der Waals surface area contributed by atoms with Crippen LogP contribution in [0.15, 0.2) is 353 Å². The maximum absolute atomic E-state index is 12.2. The van der Waals surface area contributed by atoms with Crippen LogP contribution in [0.5, 0.6) is 0 Å². The molecule has 18 rings (SSSR count). The third-order valence-corrected chi connectivity index (χ3v) is 23.8. The van der Waals surface area contributed by atoms with Crippen molar-refractivity contribution in [3.8, 4) is 0 Å². The van der Waals surface area contributed by atoms with Gasteiger partial charge in [0, 0.05) is 110 Å². The zero-order valence-electron chi connectivity index (χ0n) is 77.7. The van der Waals surface area contributed by atoms with E-state index in [4.69, 9.17) is 9.47 Å². The molecule has 6 aliphatic rings. The number of esters is 4. The summed E-state index contributed by atoms with van der Waals surface area (Å²) >= 11 is 0. The highest BCUT2D eigenvalue weighted by molar-refractivity contribution is 6.00. The quantitative estimate of drug-likeness (QED) is 0.00942. The zero-order chi connectivity index (χ0) is 98.2. The summed E-state index contributed by atoms with van der Waals surface area (Å²) in [5.74, 6) is -0.826. The molecule has 12 atom stereocenters. The molecule has 0 bridgehead atoms. The first kappa shape index (κ1) is 104. The first-order valence-electron chi connectivity index (χ1n) is 45.9. The molecule has 0 heterocycles. The maximum atomic E-state index is 12.2. The van der Waals surface area contributed by atoms with E-state index in [1.54, 1.807) is 0 Å². The molecule has 712 valence electrons. The van der Waals surface area contributed by atoms with Crippen LogP contribution in [0.4, 0.5) is 0 Å². The van der Waals surface area contributed by atoms with Crippen LogP contribution in [-0.4, -0.2) is 118 Å². The molecule has 24 heteroatoms. The highest BCUT2D eigenvalue weighted by Gasteiger charge is 2.37. The second kappa shape index (κ2) is 53.8. The Morgan fingerprint density at radius 2 is 0.384 bits per heavy atom. The fourth-order valence-corrected chi connectivity index (χ4v) is 17.3. The van der Waals surface area contributed by atoms with Gasteiger partial charge in [-0.1, -0.05) is 341 Å². The third-order valence-electron chi connectivity index (χ3n) is 23.8. The van der Waals surface area contributed by atoms with Gasteiger partial charge in [0.1, 0.15) is 12.2 Å². The van der Waals surface area contributed by atoms with E-state index in [1.807, 2.05) is 328 Å². The third kappa shape index (κ3) is 30.8. The molecule has 10 N–H and O–H groups in total. The lowest BCUT2D eigenvalue weighted by Gasteiger charge is -2.14. The number of carbonyl (C=O) groups excluding carboxylic acids is 10. The Bertz CT molecular complexity index is 5460. The fourth-order valence-electron chi connectivity index (χ4n) is 17.3. The summed E-state index contributed by atoms with van der Waals surface area (Å²) in [5.41, 5.74) is 16.8. The average Bonchev–Trinajstić information content (AvgIpc) is 1.64. The number of aliphatic hydroxyl groups excluding tert-OH is 4. The molecule has 24 nitrogen and oxygen atoms in total. The van der Waals surface area contributed by atoms with Crippen LogP contribution in [0.3, 0.4) is 0 Å². The number of hydrogen-bond donors (Lipinski definition) is 10. The normalized spacial score (nSPS) is 19.0. The van der Waals surface area contributed by atoms with Crippen molar-refractivity contribution >= 4 is 58.6 Å². The molecule has 6 aliphatic carbocycles. The lowest BCUT2D eigenvalue weighted by molar-refractivity contribution is -0.147. The topological polar surface area (TPSA) is 361 Å². The number of rotatable bonds is 28. The summed E-state index contributed by atoms with van der Waals surface area (Å²) in [6.45, 7) is 13.5. The number of ether oxygens (including phenoxy) is 4. The van der Waals surface area contributed by atoms with Gasteiger partial charge in [-0.05, 0) is 92.4 Å². The molecule has 138 heavy (non-hydrogen) atoms. The Hall–Kier alpha value is -14.4. The number of hydrogen-bond acceptors (Lipinski definition) is 24. The molecular weight excluding hydrogens is 1740 g/mol. The highest BCUT2D eigenvalue weighted by atomic mass is 16.5. The molecular formula is C114H118N6O18. The smallest absolute Gasteiger partial charge is 0.307 e. The number of carbonyl (C=O) groups is 10. The van der Waals surface area contributed by atoms with E-state index in [2.05, 4.69) is 54.5 Å². The number of aliphatic hydroxyl groups is 4. The standard InChI is InChI=1S/2C19H19NO3.4C17H17NO2.2C4H6O2/c2*1-13(21)23-19-11-17(15-9-5-6-10-16(15)19)20-12-18(22)14-7-3-2-4-8-14;4*19-16-10-15(13-8-4-5-9-14(13)16)18-11-17(20)12-6-2-1-3-7-12;2*1-3-6-4(2)5/h2*2-10,17,19-20H,11-12H2,1H3;4*1-9,15-16,18-19H,10-11H2;2*3H,1H2,2H3/t17-,19+;17-,19-;15-,16+;15-,16-;;;;/m0011..../s1. The summed E-state index contributed by atoms with van der Waals surface area (Å²) in [6.07, 6.45) is 3.79. The number of benzene rings is 12. The summed E-state index contributed by atoms with van der Waals surface area (Å²) in [6, 6.07) is 103. The van der Waals surface area contributed by atoms with Crippen molar-refractivity contribution in [1.82, 2.24) is 31.9 Å². The predicted molar refractivity (Wildman–Crippen MR) is 528 cm³/mol. The van der Waals surface area contributed by atoms with Gasteiger partial charge < -0.3 is 71.3 Å². The van der Waals surface area contributed by atoms with E-state index in [1.165, 1.54) is 27.7 Å². The largest absolute Gasteiger partial charge is 0.458 e. The van der Waals surface area contributed by atoms with E-state index >= 15 is 0 Å². The van der Waals surface area contributed by atoms with E-state index in [9.17, 15) is 68.4 Å². The SMILES string of the molecule is C=COC(C)=O.C=COC(C)=O.CC(=O)O[C@@H]1C[C@H](NCC(=O)c2ccccc2)c2ccccc21.CC(=O)O[C@H]1C[C@H](NCC(=O)c2ccccc2)c2ccccc21.O=C(CNC1CC(O)c2ccccc21)c1ccccc1.O=C(CNC1CC(O)c2ccccc21)c1ccccc1.O=C(CN[C@@H]1C[C@@H](O)c2ccccc21)c1ccccc1.O=C(CN[C@@H]1C[C@H](O)c2ccccc21)c1ccccc1. The van der Waals surface area contributed by atoms with Crippen molar-refractivity contribution in [2.75, 3.05) is 39.3 Å². The number of Topliss-reactive ketones (excluding diaryl/α,β-unsaturated/α-hetero) is 6. The zero-order valence-corrected chi connectivity index (χ0v) is 77.7. The van der Waals surface area contributed by atoms with Crippen molar-refractivity contribution in [3.63, 3.8) is 0 Å². The van der Waals surface area contributed by atoms with Crippen LogP contribution in [0.25, 0.3) is 0 Å². The van der Waals surface area contributed by atoms with Crippen LogP contribution < -0.4 is 31.9 Å². The number of fused-ring (bicyclic) bond motifs is 6. The molecule has 0 amide bonds. The van der Waals surface area contributed by atoms with Gasteiger partial charge in [-0.3, -0.25) is 47.9 Å². The van der Waals surface area contributed by atoms with E-state index in [0.717, 1.165) is 79.3 Å². The summed E-state index contributed by atoms with van der Waals surface area (Å²) in [7, 11) is 0. The molecule has 0 radical (unpaired) electrons. The van der Waals surface area contributed by atoms with Crippen LogP contribution in [-0.2, 0) is 38.1 Å². The van der Waals surface area contributed by atoms with Crippen molar-refractivity contribution in [3.05, 3.63) is 453 Å². The van der Waals surface area contributed by atoms with Gasteiger partial charge in [0.05, 0.1) is 76.2 Å². The van der Waals surface area contributed by atoms with Crippen LogP contribution >= 0.6 is 0 Å². The molecule has 0 saturated carbocycles. The summed E-state index contributed by atoms with van der Waals surface area (Å²) in [5, 5.41) is 59.7. The molecule has 0 fully saturated rings. The lowest BCUT2D eigenvalue weighted by atomic mass is 10.1. The summed E-state index contributed by atoms with van der Waals surface area (Å²) < 4.78 is 19.1. The van der Waals surface area contributed by atoms with Crippen molar-refractivity contribution in [2.24, 2.45) is 0 Å². The Balaban J connectivity index is 0.000000155. The van der Waals surface area contributed by atoms with E-state index in [0.29, 0.717) is 71.9 Å². The van der Waals surface area contributed by atoms with E-state index in [-0.39, 0.29) is 146 Å². The van der Waals surface area contributed by atoms with Gasteiger partial charge in [0.25, 0.3) is 0 Å². The van der Waals surface area contributed by atoms with Crippen LogP contribution in [0, 0.1) is 0 Å². The molecule has 0 spiro atoms.